The van der Waals surface area contributed by atoms with E-state index in [4.69, 9.17) is 0 Å². The molecule has 6 nitrogen and oxygen atoms in total. The molecule has 2 N–H and O–H groups in total. The van der Waals surface area contributed by atoms with Crippen LogP contribution in [0.3, 0.4) is 0 Å². The van der Waals surface area contributed by atoms with E-state index in [2.05, 4.69) is 15.2 Å². The van der Waals surface area contributed by atoms with E-state index in [-0.39, 0.29) is 11.9 Å². The molecule has 4 bridgehead atoms. The minimum absolute atomic E-state index is 0.0329. The van der Waals surface area contributed by atoms with Crippen LogP contribution in [0.2, 0.25) is 0 Å². The summed E-state index contributed by atoms with van der Waals surface area (Å²) in [6, 6.07) is 2.65. The SMILES string of the molecule is O=C(CN1CCN(c2ccc(C(F)(F)F)cn2)CC1)NC1[C@@H]2CC3C[C@H]1CC(O)(C3)C2. The Balaban J connectivity index is 1.11. The summed E-state index contributed by atoms with van der Waals surface area (Å²) in [7, 11) is 0. The van der Waals surface area contributed by atoms with Crippen molar-refractivity contribution in [2.45, 2.75) is 49.9 Å². The summed E-state index contributed by atoms with van der Waals surface area (Å²) in [5, 5.41) is 14.0. The summed E-state index contributed by atoms with van der Waals surface area (Å²) in [4.78, 5) is 20.7. The summed E-state index contributed by atoms with van der Waals surface area (Å²) in [6.07, 6.45) is 1.26. The number of nitrogens with zero attached hydrogens (tertiary/aromatic N) is 3. The van der Waals surface area contributed by atoms with Crippen LogP contribution in [0.4, 0.5) is 19.0 Å². The highest BCUT2D eigenvalue weighted by atomic mass is 19.4. The fraction of sp³-hybridized carbons (Fsp3) is 0.727. The second-order valence-electron chi connectivity index (χ2n) is 9.95. The number of nitrogens with one attached hydrogen (secondary N) is 1. The highest BCUT2D eigenvalue weighted by Gasteiger charge is 2.55. The van der Waals surface area contributed by atoms with E-state index < -0.39 is 17.3 Å². The molecule has 1 amide bonds. The molecule has 4 saturated carbocycles. The summed E-state index contributed by atoms with van der Waals surface area (Å²) < 4.78 is 38.1. The van der Waals surface area contributed by atoms with Gasteiger partial charge in [0, 0.05) is 38.4 Å². The molecule has 1 saturated heterocycles. The average Bonchev–Trinajstić information content (AvgIpc) is 2.69. The van der Waals surface area contributed by atoms with E-state index >= 15 is 0 Å². The average molecular weight is 438 g/mol. The summed E-state index contributed by atoms with van der Waals surface area (Å²) in [5.41, 5.74) is -1.25. The largest absolute Gasteiger partial charge is 0.417 e. The van der Waals surface area contributed by atoms with Crippen molar-refractivity contribution in [3.63, 3.8) is 0 Å². The van der Waals surface area contributed by atoms with Gasteiger partial charge in [-0.05, 0) is 62.0 Å². The molecule has 2 heterocycles. The predicted molar refractivity (Wildman–Crippen MR) is 108 cm³/mol. The van der Waals surface area contributed by atoms with E-state index in [1.165, 1.54) is 6.07 Å². The number of halogens is 3. The number of amides is 1. The molecule has 170 valence electrons. The van der Waals surface area contributed by atoms with Crippen LogP contribution in [-0.2, 0) is 11.0 Å². The summed E-state index contributed by atoms with van der Waals surface area (Å²) in [5.74, 6) is 1.96. The number of aliphatic hydroxyl groups is 1. The fourth-order valence-corrected chi connectivity index (χ4v) is 6.53. The van der Waals surface area contributed by atoms with Crippen LogP contribution in [0, 0.1) is 17.8 Å². The zero-order valence-electron chi connectivity index (χ0n) is 17.4. The van der Waals surface area contributed by atoms with Gasteiger partial charge >= 0.3 is 6.18 Å². The Morgan fingerprint density at radius 1 is 1.13 bits per heavy atom. The predicted octanol–water partition coefficient (Wildman–Crippen LogP) is 2.28. The van der Waals surface area contributed by atoms with Crippen molar-refractivity contribution in [1.82, 2.24) is 15.2 Å². The third-order valence-electron chi connectivity index (χ3n) is 7.71. The highest BCUT2D eigenvalue weighted by molar-refractivity contribution is 5.78. The number of anilines is 1. The Labute approximate surface area is 179 Å². The van der Waals surface area contributed by atoms with Gasteiger partial charge < -0.3 is 15.3 Å². The fourth-order valence-electron chi connectivity index (χ4n) is 6.53. The van der Waals surface area contributed by atoms with Crippen LogP contribution in [0.1, 0.15) is 37.7 Å². The maximum Gasteiger partial charge on any atom is 0.417 e. The number of carbonyl (C=O) groups excluding carboxylic acids is 1. The third kappa shape index (κ3) is 4.26. The Kier molecular flexibility index (Phi) is 5.16. The van der Waals surface area contributed by atoms with Crippen molar-refractivity contribution < 1.29 is 23.1 Å². The molecule has 0 aromatic carbocycles. The molecule has 5 atom stereocenters. The minimum atomic E-state index is -4.38. The van der Waals surface area contributed by atoms with Gasteiger partial charge in [-0.1, -0.05) is 0 Å². The highest BCUT2D eigenvalue weighted by Crippen LogP contribution is 2.55. The second kappa shape index (κ2) is 7.62. The van der Waals surface area contributed by atoms with Crippen LogP contribution in [0.25, 0.3) is 0 Å². The lowest BCUT2D eigenvalue weighted by Crippen LogP contribution is -2.62. The monoisotopic (exact) mass is 438 g/mol. The van der Waals surface area contributed by atoms with Crippen molar-refractivity contribution in [3.05, 3.63) is 23.9 Å². The van der Waals surface area contributed by atoms with Crippen molar-refractivity contribution in [1.29, 1.82) is 0 Å². The Hall–Kier alpha value is -1.87. The molecule has 31 heavy (non-hydrogen) atoms. The minimum Gasteiger partial charge on any atom is -0.390 e. The number of hydrogen-bond donors (Lipinski definition) is 2. The maximum absolute atomic E-state index is 12.7. The van der Waals surface area contributed by atoms with Crippen LogP contribution < -0.4 is 10.2 Å². The molecular weight excluding hydrogens is 409 g/mol. The lowest BCUT2D eigenvalue weighted by Gasteiger charge is -2.58. The maximum atomic E-state index is 12.7. The van der Waals surface area contributed by atoms with Gasteiger partial charge in [0.05, 0.1) is 17.7 Å². The Morgan fingerprint density at radius 2 is 1.81 bits per heavy atom. The van der Waals surface area contributed by atoms with Crippen molar-refractivity contribution in [2.75, 3.05) is 37.6 Å². The van der Waals surface area contributed by atoms with Gasteiger partial charge in [0.15, 0.2) is 0 Å². The van der Waals surface area contributed by atoms with Crippen LogP contribution in [0.5, 0.6) is 0 Å². The smallest absolute Gasteiger partial charge is 0.390 e. The van der Waals surface area contributed by atoms with Crippen molar-refractivity contribution in [3.8, 4) is 0 Å². The molecule has 6 rings (SSSR count). The molecule has 1 aromatic heterocycles. The Bertz CT molecular complexity index is 807. The number of aromatic nitrogens is 1. The molecule has 5 fully saturated rings. The third-order valence-corrected chi connectivity index (χ3v) is 7.71. The first-order valence-electron chi connectivity index (χ1n) is 11.2. The van der Waals surface area contributed by atoms with Gasteiger partial charge in [-0.25, -0.2) is 4.98 Å². The molecule has 4 aliphatic carbocycles. The number of hydrogen-bond acceptors (Lipinski definition) is 5. The van der Waals surface area contributed by atoms with E-state index in [0.29, 0.717) is 56.3 Å². The summed E-state index contributed by atoms with van der Waals surface area (Å²) >= 11 is 0. The molecule has 0 spiro atoms. The first-order valence-corrected chi connectivity index (χ1v) is 11.2. The molecule has 1 aromatic rings. The molecule has 3 unspecified atom stereocenters. The van der Waals surface area contributed by atoms with Gasteiger partial charge in [-0.3, -0.25) is 9.69 Å². The van der Waals surface area contributed by atoms with Crippen molar-refractivity contribution in [2.24, 2.45) is 17.8 Å². The quantitative estimate of drug-likeness (QED) is 0.755. The molecular formula is C22H29F3N4O2. The van der Waals surface area contributed by atoms with Gasteiger partial charge in [-0.15, -0.1) is 0 Å². The summed E-state index contributed by atoms with van der Waals surface area (Å²) in [6.45, 7) is 2.90. The lowest BCUT2D eigenvalue weighted by atomic mass is 9.52. The van der Waals surface area contributed by atoms with E-state index in [1.807, 2.05) is 4.90 Å². The van der Waals surface area contributed by atoms with Gasteiger partial charge in [0.1, 0.15) is 5.82 Å². The number of alkyl halides is 3. The van der Waals surface area contributed by atoms with E-state index in [1.54, 1.807) is 0 Å². The van der Waals surface area contributed by atoms with Gasteiger partial charge in [-0.2, -0.15) is 13.2 Å². The first kappa shape index (κ1) is 21.0. The topological polar surface area (TPSA) is 68.7 Å². The number of rotatable bonds is 4. The van der Waals surface area contributed by atoms with Crippen molar-refractivity contribution >= 4 is 11.7 Å². The zero-order valence-corrected chi connectivity index (χ0v) is 17.4. The Morgan fingerprint density at radius 3 is 2.35 bits per heavy atom. The standard InChI is InChI=1S/C22H29F3N4O2/c23-22(24,25)17-1-2-18(26-12-17)29-5-3-28(4-6-29)13-19(30)27-20-15-7-14-8-16(20)11-21(31,9-14)10-15/h1-2,12,14-16,20,31H,3-11,13H2,(H,27,30)/t14?,15-,16+,20?,21?. The first-order chi connectivity index (χ1) is 14.7. The van der Waals surface area contributed by atoms with E-state index in [9.17, 15) is 23.1 Å². The number of pyridine rings is 1. The van der Waals surface area contributed by atoms with E-state index in [0.717, 1.165) is 44.4 Å². The molecule has 5 aliphatic rings. The normalized spacial score (nSPS) is 35.4. The zero-order chi connectivity index (χ0) is 21.8. The van der Waals surface area contributed by atoms with Crippen LogP contribution >= 0.6 is 0 Å². The second-order valence-corrected chi connectivity index (χ2v) is 9.95. The number of carbonyl (C=O) groups is 1. The molecule has 9 heteroatoms. The molecule has 0 radical (unpaired) electrons. The van der Waals surface area contributed by atoms with Gasteiger partial charge in [0.25, 0.3) is 0 Å². The van der Waals surface area contributed by atoms with Crippen LogP contribution in [-0.4, -0.2) is 65.3 Å². The lowest BCUT2D eigenvalue weighted by molar-refractivity contribution is -0.147. The molecule has 1 aliphatic heterocycles. The number of piperazine rings is 1. The van der Waals surface area contributed by atoms with Gasteiger partial charge in [0.2, 0.25) is 5.91 Å². The van der Waals surface area contributed by atoms with Crippen LogP contribution in [0.15, 0.2) is 18.3 Å².